The van der Waals surface area contributed by atoms with E-state index in [1.807, 2.05) is 18.2 Å². The van der Waals surface area contributed by atoms with E-state index in [4.69, 9.17) is 11.6 Å². The van der Waals surface area contributed by atoms with Crippen molar-refractivity contribution in [2.75, 3.05) is 11.9 Å². The average molecular weight is 304 g/mol. The topological polar surface area (TPSA) is 29.1 Å². The zero-order valence-corrected chi connectivity index (χ0v) is 12.2. The van der Waals surface area contributed by atoms with Gasteiger partial charge in [-0.05, 0) is 42.2 Å². The first-order chi connectivity index (χ1) is 10.1. The first-order valence-corrected chi connectivity index (χ1v) is 7.36. The van der Waals surface area contributed by atoms with Gasteiger partial charge in [-0.3, -0.25) is 4.79 Å². The molecule has 1 heterocycles. The zero-order chi connectivity index (χ0) is 14.8. The highest BCUT2D eigenvalue weighted by atomic mass is 35.5. The molecule has 2 nitrogen and oxygen atoms in total. The summed E-state index contributed by atoms with van der Waals surface area (Å²) in [6.45, 7) is 0.938. The molecule has 0 radical (unpaired) electrons. The van der Waals surface area contributed by atoms with Crippen LogP contribution in [0.4, 0.5) is 10.1 Å². The molecule has 0 fully saturated rings. The Morgan fingerprint density at radius 2 is 2.14 bits per heavy atom. The number of rotatable bonds is 3. The fourth-order valence-corrected chi connectivity index (χ4v) is 2.82. The quantitative estimate of drug-likeness (QED) is 0.858. The van der Waals surface area contributed by atoms with Crippen molar-refractivity contribution < 1.29 is 9.18 Å². The highest BCUT2D eigenvalue weighted by Crippen LogP contribution is 2.26. The average Bonchev–Trinajstić information content (AvgIpc) is 2.50. The lowest BCUT2D eigenvalue weighted by molar-refractivity contribution is 0.0992. The van der Waals surface area contributed by atoms with Crippen molar-refractivity contribution in [2.45, 2.75) is 19.3 Å². The second-order valence-electron chi connectivity index (χ2n) is 5.21. The van der Waals surface area contributed by atoms with Gasteiger partial charge in [0.1, 0.15) is 5.82 Å². The number of ketones is 1. The van der Waals surface area contributed by atoms with Gasteiger partial charge in [0.15, 0.2) is 5.78 Å². The second kappa shape index (κ2) is 5.86. The number of nitrogens with one attached hydrogen (secondary N) is 1. The van der Waals surface area contributed by atoms with E-state index in [0.717, 1.165) is 36.2 Å². The molecule has 1 aliphatic rings. The molecule has 108 valence electrons. The van der Waals surface area contributed by atoms with Gasteiger partial charge in [0.05, 0.1) is 5.02 Å². The van der Waals surface area contributed by atoms with Crippen LogP contribution in [-0.2, 0) is 12.8 Å². The normalized spacial score (nSPS) is 13.4. The van der Waals surface area contributed by atoms with E-state index in [2.05, 4.69) is 5.32 Å². The Morgan fingerprint density at radius 1 is 1.29 bits per heavy atom. The second-order valence-corrected chi connectivity index (χ2v) is 5.62. The summed E-state index contributed by atoms with van der Waals surface area (Å²) in [5.74, 6) is -0.476. The van der Waals surface area contributed by atoms with Crippen molar-refractivity contribution in [3.8, 4) is 0 Å². The van der Waals surface area contributed by atoms with Crippen molar-refractivity contribution in [3.05, 3.63) is 63.9 Å². The summed E-state index contributed by atoms with van der Waals surface area (Å²) < 4.78 is 13.5. The van der Waals surface area contributed by atoms with Crippen molar-refractivity contribution in [2.24, 2.45) is 0 Å². The number of carbonyl (C=O) groups is 1. The molecule has 0 atom stereocenters. The molecule has 1 aliphatic heterocycles. The molecule has 0 unspecified atom stereocenters. The van der Waals surface area contributed by atoms with E-state index < -0.39 is 5.82 Å². The van der Waals surface area contributed by atoms with Gasteiger partial charge in [-0.1, -0.05) is 29.8 Å². The van der Waals surface area contributed by atoms with Crippen LogP contribution in [0.15, 0.2) is 36.4 Å². The summed E-state index contributed by atoms with van der Waals surface area (Å²) in [7, 11) is 0. The van der Waals surface area contributed by atoms with Crippen LogP contribution in [0.25, 0.3) is 0 Å². The number of Topliss-reactive ketones (excluding diaryl/α,β-unsaturated/α-hetero) is 1. The molecule has 0 bridgehead atoms. The van der Waals surface area contributed by atoms with Gasteiger partial charge < -0.3 is 5.32 Å². The molecule has 0 aliphatic carbocycles. The van der Waals surface area contributed by atoms with E-state index in [1.54, 1.807) is 6.07 Å². The van der Waals surface area contributed by atoms with Crippen LogP contribution >= 0.6 is 11.6 Å². The van der Waals surface area contributed by atoms with Crippen LogP contribution in [0, 0.1) is 5.82 Å². The van der Waals surface area contributed by atoms with E-state index in [1.165, 1.54) is 12.1 Å². The first-order valence-electron chi connectivity index (χ1n) is 6.98. The molecule has 0 spiro atoms. The lowest BCUT2D eigenvalue weighted by Crippen LogP contribution is -2.16. The van der Waals surface area contributed by atoms with Crippen molar-refractivity contribution in [3.63, 3.8) is 0 Å². The molecule has 2 aromatic carbocycles. The predicted molar refractivity (Wildman–Crippen MR) is 82.7 cm³/mol. The molecular formula is C17H15ClFNO. The first kappa shape index (κ1) is 14.1. The Hall–Kier alpha value is -1.87. The highest BCUT2D eigenvalue weighted by Gasteiger charge is 2.17. The number of fused-ring (bicyclic) bond motifs is 1. The Balaban J connectivity index is 1.87. The molecule has 4 heteroatoms. The summed E-state index contributed by atoms with van der Waals surface area (Å²) in [5, 5.41) is 3.39. The van der Waals surface area contributed by atoms with Gasteiger partial charge in [-0.25, -0.2) is 4.39 Å². The fourth-order valence-electron chi connectivity index (χ4n) is 2.70. The Morgan fingerprint density at radius 3 is 2.95 bits per heavy atom. The number of hydrogen-bond donors (Lipinski definition) is 1. The molecule has 21 heavy (non-hydrogen) atoms. The number of hydrogen-bond acceptors (Lipinski definition) is 2. The largest absolute Gasteiger partial charge is 0.385 e. The summed E-state index contributed by atoms with van der Waals surface area (Å²) in [4.78, 5) is 12.5. The van der Waals surface area contributed by atoms with Gasteiger partial charge >= 0.3 is 0 Å². The Bertz CT molecular complexity index is 699. The van der Waals surface area contributed by atoms with E-state index in [-0.39, 0.29) is 17.2 Å². The smallest absolute Gasteiger partial charge is 0.167 e. The van der Waals surface area contributed by atoms with Gasteiger partial charge in [0.25, 0.3) is 0 Å². The minimum atomic E-state index is -0.487. The SMILES string of the molecule is O=C(Cc1ccc(Cl)c(F)c1)c1cccc2c1CCCN2. The number of anilines is 1. The van der Waals surface area contributed by atoms with Gasteiger partial charge in [-0.15, -0.1) is 0 Å². The Labute approximate surface area is 127 Å². The molecule has 0 saturated heterocycles. The van der Waals surface area contributed by atoms with E-state index in [9.17, 15) is 9.18 Å². The summed E-state index contributed by atoms with van der Waals surface area (Å²) in [6, 6.07) is 10.2. The van der Waals surface area contributed by atoms with Crippen LogP contribution in [0.1, 0.15) is 27.9 Å². The van der Waals surface area contributed by atoms with Crippen LogP contribution in [0.2, 0.25) is 5.02 Å². The Kier molecular flexibility index (Phi) is 3.93. The molecular weight excluding hydrogens is 289 g/mol. The van der Waals surface area contributed by atoms with Crippen LogP contribution in [0.3, 0.4) is 0 Å². The maximum Gasteiger partial charge on any atom is 0.167 e. The number of halogens is 2. The van der Waals surface area contributed by atoms with Crippen molar-refractivity contribution in [1.29, 1.82) is 0 Å². The number of carbonyl (C=O) groups excluding carboxylic acids is 1. The third kappa shape index (κ3) is 2.93. The minimum absolute atomic E-state index is 0.0114. The zero-order valence-electron chi connectivity index (χ0n) is 11.5. The summed E-state index contributed by atoms with van der Waals surface area (Å²) >= 11 is 5.66. The summed E-state index contributed by atoms with van der Waals surface area (Å²) in [5.41, 5.74) is 3.48. The number of benzene rings is 2. The molecule has 0 saturated carbocycles. The summed E-state index contributed by atoms with van der Waals surface area (Å²) in [6.07, 6.45) is 2.11. The monoisotopic (exact) mass is 303 g/mol. The third-order valence-corrected chi connectivity index (χ3v) is 4.05. The predicted octanol–water partition coefficient (Wildman–Crippen LogP) is 4.26. The van der Waals surface area contributed by atoms with Crippen LogP contribution < -0.4 is 5.32 Å². The maximum atomic E-state index is 13.5. The van der Waals surface area contributed by atoms with Crippen molar-refractivity contribution in [1.82, 2.24) is 0 Å². The van der Waals surface area contributed by atoms with Crippen molar-refractivity contribution >= 4 is 23.1 Å². The standard InChI is InChI=1S/C17H15ClFNO/c18-14-7-6-11(9-15(14)19)10-17(21)13-3-1-5-16-12(13)4-2-8-20-16/h1,3,5-7,9,20H,2,4,8,10H2. The van der Waals surface area contributed by atoms with Gasteiger partial charge in [-0.2, -0.15) is 0 Å². The third-order valence-electron chi connectivity index (χ3n) is 3.74. The lowest BCUT2D eigenvalue weighted by Gasteiger charge is -2.20. The highest BCUT2D eigenvalue weighted by molar-refractivity contribution is 6.30. The molecule has 3 rings (SSSR count). The molecule has 2 aromatic rings. The molecule has 0 amide bonds. The van der Waals surface area contributed by atoms with Gasteiger partial charge in [0, 0.05) is 24.2 Å². The fraction of sp³-hybridized carbons (Fsp3) is 0.235. The van der Waals surface area contributed by atoms with E-state index >= 15 is 0 Å². The van der Waals surface area contributed by atoms with Crippen LogP contribution in [0.5, 0.6) is 0 Å². The molecule has 0 aromatic heterocycles. The molecule has 1 N–H and O–H groups in total. The van der Waals surface area contributed by atoms with Gasteiger partial charge in [0.2, 0.25) is 0 Å². The minimum Gasteiger partial charge on any atom is -0.385 e. The maximum absolute atomic E-state index is 13.5. The van der Waals surface area contributed by atoms with Crippen LogP contribution in [-0.4, -0.2) is 12.3 Å². The lowest BCUT2D eigenvalue weighted by atomic mass is 9.93. The van der Waals surface area contributed by atoms with E-state index in [0.29, 0.717) is 5.56 Å².